The third kappa shape index (κ3) is 4.86. The first-order chi connectivity index (χ1) is 18.4. The molecule has 0 aliphatic carbocycles. The zero-order valence-electron chi connectivity index (χ0n) is 22.5. The summed E-state index contributed by atoms with van der Waals surface area (Å²) in [6.45, 7) is 7.09. The number of halogens is 1. The van der Waals surface area contributed by atoms with Gasteiger partial charge >= 0.3 is 6.03 Å². The molecule has 5 rings (SSSR count). The Balaban J connectivity index is 1.41. The number of nitrogens with one attached hydrogen (secondary N) is 1. The van der Waals surface area contributed by atoms with Crippen LogP contribution in [0.1, 0.15) is 59.2 Å². The molecular weight excluding hydrogens is 499 g/mol. The van der Waals surface area contributed by atoms with Crippen LogP contribution in [0, 0.1) is 17.1 Å². The summed E-state index contributed by atoms with van der Waals surface area (Å²) in [5.41, 5.74) is 2.34. The van der Waals surface area contributed by atoms with Crippen LogP contribution in [0.4, 0.5) is 14.9 Å². The first kappa shape index (κ1) is 26.4. The van der Waals surface area contributed by atoms with E-state index in [9.17, 15) is 19.1 Å². The number of aromatic nitrogens is 2. The highest BCUT2D eigenvalue weighted by Gasteiger charge is 2.41. The van der Waals surface area contributed by atoms with E-state index in [1.54, 1.807) is 22.7 Å². The molecule has 202 valence electrons. The molecule has 0 radical (unpaired) electrons. The Kier molecular flexibility index (Phi) is 6.43. The minimum atomic E-state index is -1.35. The van der Waals surface area contributed by atoms with E-state index in [0.717, 1.165) is 17.3 Å². The summed E-state index contributed by atoms with van der Waals surface area (Å²) in [6, 6.07) is 13.0. The number of aliphatic hydroxyl groups is 1. The maximum Gasteiger partial charge on any atom is 0.322 e. The molecule has 0 fully saturated rings. The molecule has 0 spiro atoms. The number of fused-ring (bicyclic) bond motifs is 3. The fourth-order valence-electron chi connectivity index (χ4n) is 5.25. The molecule has 1 atom stereocenters. The minimum absolute atomic E-state index is 0.0293. The highest BCUT2D eigenvalue weighted by Crippen LogP contribution is 2.33. The van der Waals surface area contributed by atoms with Crippen molar-refractivity contribution >= 4 is 17.6 Å². The molecule has 3 amide bonds. The maximum absolute atomic E-state index is 13.7. The van der Waals surface area contributed by atoms with Gasteiger partial charge in [0, 0.05) is 31.3 Å². The highest BCUT2D eigenvalue weighted by atomic mass is 19.1. The lowest BCUT2D eigenvalue weighted by atomic mass is 9.84. The first-order valence-electron chi connectivity index (χ1n) is 12.8. The molecule has 1 unspecified atom stereocenters. The zero-order chi connectivity index (χ0) is 28.1. The summed E-state index contributed by atoms with van der Waals surface area (Å²) in [7, 11) is 1.65. The van der Waals surface area contributed by atoms with Gasteiger partial charge in [-0.3, -0.25) is 9.48 Å². The fraction of sp³-hybridized carbons (Fsp3) is 0.379. The molecule has 2 aliphatic rings. The van der Waals surface area contributed by atoms with Gasteiger partial charge in [0.1, 0.15) is 23.2 Å². The molecule has 1 aromatic heterocycles. The number of hydrogen-bond acceptors (Lipinski definition) is 5. The standard InChI is InChI=1S/C29H31FN6O3/c1-28(2,3)19-5-7-20(8-6-19)29(39)16-34(4)26(37)25-22-15-35(12-11-24(22)33-36(25)17-29)27(38)32-21-9-10-23(30)18(13-21)14-31/h5-10,13,39H,11-12,15-17H2,1-4H3,(H,32,38). The third-order valence-electron chi connectivity index (χ3n) is 7.47. The zero-order valence-corrected chi connectivity index (χ0v) is 22.5. The molecule has 2 N–H and O–H groups in total. The van der Waals surface area contributed by atoms with Crippen molar-refractivity contribution in [1.29, 1.82) is 5.26 Å². The molecule has 39 heavy (non-hydrogen) atoms. The number of carbonyl (C=O) groups is 2. The maximum atomic E-state index is 13.7. The van der Waals surface area contributed by atoms with Gasteiger partial charge in [-0.15, -0.1) is 0 Å². The van der Waals surface area contributed by atoms with Crippen LogP contribution in [0.15, 0.2) is 42.5 Å². The van der Waals surface area contributed by atoms with Gasteiger partial charge in [0.2, 0.25) is 0 Å². The smallest absolute Gasteiger partial charge is 0.322 e. The number of nitriles is 1. The van der Waals surface area contributed by atoms with Crippen molar-refractivity contribution in [3.8, 4) is 6.07 Å². The number of amides is 3. The van der Waals surface area contributed by atoms with E-state index in [1.807, 2.05) is 24.3 Å². The predicted molar refractivity (Wildman–Crippen MR) is 142 cm³/mol. The van der Waals surface area contributed by atoms with Crippen LogP contribution >= 0.6 is 0 Å². The predicted octanol–water partition coefficient (Wildman–Crippen LogP) is 3.75. The van der Waals surface area contributed by atoms with Crippen molar-refractivity contribution in [2.24, 2.45) is 0 Å². The van der Waals surface area contributed by atoms with Crippen molar-refractivity contribution < 1.29 is 19.1 Å². The molecule has 0 saturated heterocycles. The molecule has 0 saturated carbocycles. The fourth-order valence-corrected chi connectivity index (χ4v) is 5.25. The van der Waals surface area contributed by atoms with Crippen LogP contribution in [0.3, 0.4) is 0 Å². The normalized spacial score (nSPS) is 19.2. The molecule has 10 heteroatoms. The first-order valence-corrected chi connectivity index (χ1v) is 12.8. The van der Waals surface area contributed by atoms with Crippen molar-refractivity contribution in [2.45, 2.75) is 51.3 Å². The summed E-state index contributed by atoms with van der Waals surface area (Å²) in [5.74, 6) is -0.932. The number of anilines is 1. The number of nitrogens with zero attached hydrogens (tertiary/aromatic N) is 5. The Morgan fingerprint density at radius 2 is 1.90 bits per heavy atom. The van der Waals surface area contributed by atoms with Gasteiger partial charge in [-0.05, 0) is 34.7 Å². The minimum Gasteiger partial charge on any atom is -0.381 e. The molecule has 9 nitrogen and oxygen atoms in total. The summed E-state index contributed by atoms with van der Waals surface area (Å²) in [4.78, 5) is 29.6. The monoisotopic (exact) mass is 530 g/mol. The van der Waals surface area contributed by atoms with Crippen molar-refractivity contribution in [2.75, 3.05) is 25.5 Å². The molecule has 2 aromatic carbocycles. The molecule has 3 heterocycles. The molecule has 0 bridgehead atoms. The van der Waals surface area contributed by atoms with Gasteiger partial charge < -0.3 is 20.2 Å². The molecule has 3 aromatic rings. The Morgan fingerprint density at radius 3 is 2.56 bits per heavy atom. The third-order valence-corrected chi connectivity index (χ3v) is 7.47. The average Bonchev–Trinajstić information content (AvgIpc) is 3.20. The second-order valence-corrected chi connectivity index (χ2v) is 11.4. The number of hydrogen-bond donors (Lipinski definition) is 2. The summed E-state index contributed by atoms with van der Waals surface area (Å²) in [5, 5.41) is 28.3. The number of benzene rings is 2. The van der Waals surface area contributed by atoms with Crippen LogP contribution < -0.4 is 5.32 Å². The molecule has 2 aliphatic heterocycles. The van der Waals surface area contributed by atoms with E-state index < -0.39 is 17.4 Å². The van der Waals surface area contributed by atoms with Crippen LogP contribution in [-0.4, -0.2) is 56.8 Å². The van der Waals surface area contributed by atoms with Crippen molar-refractivity contribution in [1.82, 2.24) is 19.6 Å². The second-order valence-electron chi connectivity index (χ2n) is 11.4. The summed E-state index contributed by atoms with van der Waals surface area (Å²) >= 11 is 0. The summed E-state index contributed by atoms with van der Waals surface area (Å²) in [6.07, 6.45) is 0.436. The quantitative estimate of drug-likeness (QED) is 0.524. The van der Waals surface area contributed by atoms with Gasteiger partial charge in [0.25, 0.3) is 5.91 Å². The second kappa shape index (κ2) is 9.50. The van der Waals surface area contributed by atoms with E-state index in [1.165, 1.54) is 17.0 Å². The number of rotatable bonds is 2. The highest BCUT2D eigenvalue weighted by molar-refractivity contribution is 5.95. The Hall–Kier alpha value is -4.23. The van der Waals surface area contributed by atoms with Crippen LogP contribution in [0.5, 0.6) is 0 Å². The largest absolute Gasteiger partial charge is 0.381 e. The van der Waals surface area contributed by atoms with Crippen LogP contribution in [0.2, 0.25) is 0 Å². The van der Waals surface area contributed by atoms with E-state index >= 15 is 0 Å². The van der Waals surface area contributed by atoms with Gasteiger partial charge in [0.05, 0.1) is 30.9 Å². The van der Waals surface area contributed by atoms with E-state index in [2.05, 4.69) is 26.1 Å². The Morgan fingerprint density at radius 1 is 1.18 bits per heavy atom. The molecular formula is C29H31FN6O3. The van der Waals surface area contributed by atoms with E-state index in [0.29, 0.717) is 35.5 Å². The summed E-state index contributed by atoms with van der Waals surface area (Å²) < 4.78 is 15.3. The lowest BCUT2D eigenvalue weighted by Gasteiger charge is -2.31. The number of urea groups is 1. The van der Waals surface area contributed by atoms with Crippen molar-refractivity contribution in [3.63, 3.8) is 0 Å². The van der Waals surface area contributed by atoms with Gasteiger partial charge in [-0.2, -0.15) is 10.4 Å². The lowest BCUT2D eigenvalue weighted by molar-refractivity contribution is -0.00314. The average molecular weight is 531 g/mol. The van der Waals surface area contributed by atoms with Gasteiger partial charge in [-0.25, -0.2) is 9.18 Å². The Labute approximate surface area is 226 Å². The Bertz CT molecular complexity index is 1500. The van der Waals surface area contributed by atoms with E-state index in [4.69, 9.17) is 10.4 Å². The number of β-amino-alcohol motifs (C(OH)–C–C–N with tert-alkyl or cyclic N) is 1. The lowest BCUT2D eigenvalue weighted by Crippen LogP contribution is -2.42. The van der Waals surface area contributed by atoms with Crippen molar-refractivity contribution in [3.05, 3.63) is 81.9 Å². The van der Waals surface area contributed by atoms with Gasteiger partial charge in [-0.1, -0.05) is 45.0 Å². The van der Waals surface area contributed by atoms with E-state index in [-0.39, 0.29) is 36.5 Å². The topological polar surface area (TPSA) is 114 Å². The SMILES string of the molecule is CN1CC(O)(c2ccc(C(C)(C)C)cc2)Cn2nc3c(c2C1=O)CN(C(=O)Nc1ccc(F)c(C#N)c1)CC3. The van der Waals surface area contributed by atoms with Gasteiger partial charge in [0.15, 0.2) is 0 Å². The number of carbonyl (C=O) groups excluding carboxylic acids is 2. The van der Waals surface area contributed by atoms with Crippen LogP contribution in [0.25, 0.3) is 0 Å². The number of likely N-dealkylation sites (N-methyl/N-ethyl adjacent to an activating group) is 1. The van der Waals surface area contributed by atoms with Crippen LogP contribution in [-0.2, 0) is 30.5 Å².